The van der Waals surface area contributed by atoms with Crippen LogP contribution in [-0.2, 0) is 14.8 Å². The van der Waals surface area contributed by atoms with Crippen molar-refractivity contribution in [2.45, 2.75) is 31.2 Å². The monoisotopic (exact) mass is 347 g/mol. The number of carbonyl (C=O) groups is 2. The highest BCUT2D eigenvalue weighted by Crippen LogP contribution is 2.23. The molecule has 0 fully saturated rings. The minimum absolute atomic E-state index is 0.237. The standard InChI is InChI=1S/C13H16ClNO6S/c1-3-7(2)11(13(18)19)15-22(20,21)10-6-8(12(16)17)4-5-9(10)14/h4-7,11,15H,3H2,1-2H3,(H,16,17)(H,18,19)/p-2/t7-,11+/m0/s1. The third-order valence-corrected chi connectivity index (χ3v) is 5.13. The topological polar surface area (TPSA) is 126 Å². The number of aromatic carboxylic acids is 1. The van der Waals surface area contributed by atoms with Crippen LogP contribution in [0.4, 0.5) is 0 Å². The fourth-order valence-corrected chi connectivity index (χ4v) is 3.52. The van der Waals surface area contributed by atoms with Crippen molar-refractivity contribution in [3.05, 3.63) is 28.8 Å². The Bertz CT molecular complexity index is 688. The van der Waals surface area contributed by atoms with Crippen LogP contribution in [0, 0.1) is 5.92 Å². The number of aliphatic carboxylic acids is 1. The molecule has 9 heteroatoms. The number of nitrogens with one attached hydrogen (secondary N) is 1. The van der Waals surface area contributed by atoms with Crippen LogP contribution in [-0.4, -0.2) is 26.4 Å². The first-order valence-electron chi connectivity index (χ1n) is 6.34. The Labute approximate surface area is 133 Å². The molecule has 1 N–H and O–H groups in total. The predicted molar refractivity (Wildman–Crippen MR) is 74.4 cm³/mol. The molecular weight excluding hydrogens is 334 g/mol. The summed E-state index contributed by atoms with van der Waals surface area (Å²) >= 11 is 5.77. The van der Waals surface area contributed by atoms with E-state index in [0.29, 0.717) is 6.42 Å². The Kier molecular flexibility index (Phi) is 5.92. The predicted octanol–water partition coefficient (Wildman–Crippen LogP) is -0.854. The lowest BCUT2D eigenvalue weighted by atomic mass is 10.0. The van der Waals surface area contributed by atoms with Crippen LogP contribution in [0.25, 0.3) is 0 Å². The van der Waals surface area contributed by atoms with Crippen molar-refractivity contribution in [2.75, 3.05) is 0 Å². The van der Waals surface area contributed by atoms with Gasteiger partial charge in [-0.1, -0.05) is 37.9 Å². The number of sulfonamides is 1. The molecule has 0 aliphatic carbocycles. The highest BCUT2D eigenvalue weighted by molar-refractivity contribution is 7.89. The fraction of sp³-hybridized carbons (Fsp3) is 0.385. The van der Waals surface area contributed by atoms with Gasteiger partial charge in [0.25, 0.3) is 0 Å². The maximum absolute atomic E-state index is 12.3. The summed E-state index contributed by atoms with van der Waals surface area (Å²) in [7, 11) is -4.34. The molecule has 1 aromatic rings. The summed E-state index contributed by atoms with van der Waals surface area (Å²) in [6, 6.07) is 1.51. The van der Waals surface area contributed by atoms with E-state index < -0.39 is 44.4 Å². The van der Waals surface area contributed by atoms with Gasteiger partial charge in [0.2, 0.25) is 10.0 Å². The minimum Gasteiger partial charge on any atom is -0.548 e. The maximum Gasteiger partial charge on any atom is 0.242 e. The molecule has 0 aromatic heterocycles. The summed E-state index contributed by atoms with van der Waals surface area (Å²) in [5.74, 6) is -3.68. The van der Waals surface area contributed by atoms with Crippen molar-refractivity contribution in [3.8, 4) is 0 Å². The lowest BCUT2D eigenvalue weighted by Gasteiger charge is -2.25. The average molecular weight is 348 g/mol. The van der Waals surface area contributed by atoms with E-state index in [9.17, 15) is 28.2 Å². The van der Waals surface area contributed by atoms with Crippen LogP contribution in [0.1, 0.15) is 30.6 Å². The second-order valence-corrected chi connectivity index (χ2v) is 6.83. The number of carboxylic acids is 2. The first-order valence-corrected chi connectivity index (χ1v) is 8.20. The number of carbonyl (C=O) groups excluding carboxylic acids is 2. The van der Waals surface area contributed by atoms with Gasteiger partial charge >= 0.3 is 0 Å². The molecular formula is C13H14ClNO6S-2. The fourth-order valence-electron chi connectivity index (χ4n) is 1.70. The highest BCUT2D eigenvalue weighted by atomic mass is 35.5. The van der Waals surface area contributed by atoms with Crippen molar-refractivity contribution >= 4 is 33.6 Å². The molecule has 0 saturated carbocycles. The lowest BCUT2D eigenvalue weighted by Crippen LogP contribution is -2.51. The Morgan fingerprint density at radius 3 is 2.36 bits per heavy atom. The van der Waals surface area contributed by atoms with Gasteiger partial charge < -0.3 is 19.8 Å². The Hall–Kier alpha value is -1.64. The quantitative estimate of drug-likeness (QED) is 0.684. The number of benzene rings is 1. The summed E-state index contributed by atoms with van der Waals surface area (Å²) in [6.07, 6.45) is 0.397. The van der Waals surface area contributed by atoms with E-state index in [1.807, 2.05) is 4.72 Å². The highest BCUT2D eigenvalue weighted by Gasteiger charge is 2.26. The zero-order chi connectivity index (χ0) is 17.1. The summed E-state index contributed by atoms with van der Waals surface area (Å²) in [6.45, 7) is 3.24. The van der Waals surface area contributed by atoms with Crippen LogP contribution in [0.15, 0.2) is 23.1 Å². The molecule has 0 amide bonds. The van der Waals surface area contributed by atoms with Crippen LogP contribution in [0.2, 0.25) is 5.02 Å². The van der Waals surface area contributed by atoms with Crippen molar-refractivity contribution in [1.82, 2.24) is 4.72 Å². The Morgan fingerprint density at radius 2 is 1.91 bits per heavy atom. The first-order chi connectivity index (χ1) is 10.1. The zero-order valence-electron chi connectivity index (χ0n) is 11.8. The first kappa shape index (κ1) is 18.4. The van der Waals surface area contributed by atoms with Gasteiger partial charge in [-0.3, -0.25) is 0 Å². The van der Waals surface area contributed by atoms with E-state index in [-0.39, 0.29) is 5.02 Å². The van der Waals surface area contributed by atoms with Gasteiger partial charge in [-0.15, -0.1) is 0 Å². The molecule has 0 aliphatic rings. The SMILES string of the molecule is CC[C@H](C)[C@@H](NS(=O)(=O)c1cc(C(=O)[O-])ccc1Cl)C(=O)[O-]. The minimum atomic E-state index is -4.34. The van der Waals surface area contributed by atoms with Gasteiger partial charge in [0, 0.05) is 0 Å². The summed E-state index contributed by atoms with van der Waals surface area (Å²) in [5, 5.41) is 21.7. The third kappa shape index (κ3) is 4.19. The molecule has 0 aliphatic heterocycles. The van der Waals surface area contributed by atoms with Gasteiger partial charge in [-0.25, -0.2) is 13.1 Å². The van der Waals surface area contributed by atoms with E-state index >= 15 is 0 Å². The zero-order valence-corrected chi connectivity index (χ0v) is 13.4. The molecule has 0 saturated heterocycles. The van der Waals surface area contributed by atoms with Crippen LogP contribution in [0.3, 0.4) is 0 Å². The van der Waals surface area contributed by atoms with Crippen molar-refractivity contribution < 1.29 is 28.2 Å². The van der Waals surface area contributed by atoms with Gasteiger partial charge in [0.1, 0.15) is 4.90 Å². The molecule has 1 rings (SSSR count). The van der Waals surface area contributed by atoms with Gasteiger partial charge in [-0.2, -0.15) is 0 Å². The molecule has 0 radical (unpaired) electrons. The number of carboxylic acid groups (broad SMARTS) is 2. The summed E-state index contributed by atoms with van der Waals surface area (Å²) < 4.78 is 26.5. The second kappa shape index (κ2) is 7.08. The Morgan fingerprint density at radius 1 is 1.32 bits per heavy atom. The maximum atomic E-state index is 12.3. The summed E-state index contributed by atoms with van der Waals surface area (Å²) in [5.41, 5.74) is -0.390. The van der Waals surface area contributed by atoms with E-state index in [2.05, 4.69) is 0 Å². The van der Waals surface area contributed by atoms with Crippen molar-refractivity contribution in [1.29, 1.82) is 0 Å². The van der Waals surface area contributed by atoms with Gasteiger partial charge in [0.05, 0.1) is 23.0 Å². The van der Waals surface area contributed by atoms with E-state index in [0.717, 1.165) is 18.2 Å². The average Bonchev–Trinajstić information content (AvgIpc) is 2.43. The largest absolute Gasteiger partial charge is 0.548 e. The lowest BCUT2D eigenvalue weighted by molar-refractivity contribution is -0.309. The van der Waals surface area contributed by atoms with E-state index in [1.54, 1.807) is 13.8 Å². The van der Waals surface area contributed by atoms with E-state index in [1.165, 1.54) is 0 Å². The smallest absolute Gasteiger partial charge is 0.242 e. The molecule has 122 valence electrons. The van der Waals surface area contributed by atoms with Crippen LogP contribution in [0.5, 0.6) is 0 Å². The van der Waals surface area contributed by atoms with Gasteiger partial charge in [-0.05, 0) is 23.6 Å². The molecule has 2 atom stereocenters. The van der Waals surface area contributed by atoms with E-state index in [4.69, 9.17) is 11.6 Å². The van der Waals surface area contributed by atoms with Gasteiger partial charge in [0.15, 0.2) is 0 Å². The molecule has 0 spiro atoms. The third-order valence-electron chi connectivity index (χ3n) is 3.21. The Balaban J connectivity index is 3.26. The molecule has 22 heavy (non-hydrogen) atoms. The number of hydrogen-bond donors (Lipinski definition) is 1. The molecule has 0 unspecified atom stereocenters. The molecule has 1 aromatic carbocycles. The van der Waals surface area contributed by atoms with Crippen LogP contribution >= 0.6 is 11.6 Å². The number of halogens is 1. The van der Waals surface area contributed by atoms with Crippen molar-refractivity contribution in [2.24, 2.45) is 5.92 Å². The second-order valence-electron chi connectivity index (χ2n) is 4.74. The van der Waals surface area contributed by atoms with Crippen molar-refractivity contribution in [3.63, 3.8) is 0 Å². The van der Waals surface area contributed by atoms with Crippen LogP contribution < -0.4 is 14.9 Å². The molecule has 7 nitrogen and oxygen atoms in total. The number of rotatable bonds is 7. The molecule has 0 bridgehead atoms. The normalized spacial score (nSPS) is 14.3. The number of hydrogen-bond acceptors (Lipinski definition) is 6. The molecule has 0 heterocycles. The summed E-state index contributed by atoms with van der Waals surface area (Å²) in [4.78, 5) is 21.4.